The van der Waals surface area contributed by atoms with Crippen molar-refractivity contribution in [1.82, 2.24) is 14.9 Å². The molecule has 0 bridgehead atoms. The molecule has 2 rings (SSSR count). The second-order valence-electron chi connectivity index (χ2n) is 6.14. The molecule has 0 spiro atoms. The number of aliphatic hydroxyl groups excluding tert-OH is 1. The van der Waals surface area contributed by atoms with E-state index in [0.717, 1.165) is 11.8 Å². The number of nitrogens with one attached hydrogen (secondary N) is 2. The first kappa shape index (κ1) is 21.4. The summed E-state index contributed by atoms with van der Waals surface area (Å²) in [6, 6.07) is 5.61. The van der Waals surface area contributed by atoms with Gasteiger partial charge in [0.25, 0.3) is 5.69 Å². The number of aliphatic hydroxyl groups is 1. The lowest BCUT2D eigenvalue weighted by Gasteiger charge is -2.12. The van der Waals surface area contributed by atoms with Crippen LogP contribution in [0.25, 0.3) is 0 Å². The molecule has 0 aliphatic carbocycles. The Morgan fingerprint density at radius 3 is 2.75 bits per heavy atom. The maximum absolute atomic E-state index is 12.2. The summed E-state index contributed by atoms with van der Waals surface area (Å²) in [6.07, 6.45) is 1.45. The predicted molar refractivity (Wildman–Crippen MR) is 104 cm³/mol. The first-order valence-electron chi connectivity index (χ1n) is 8.42. The number of carbonyl (C=O) groups is 2. The summed E-state index contributed by atoms with van der Waals surface area (Å²) in [6.45, 7) is 3.37. The molecule has 10 nitrogen and oxygen atoms in total. The zero-order valence-electron chi connectivity index (χ0n) is 15.4. The number of hydrogen-bond acceptors (Lipinski definition) is 7. The van der Waals surface area contributed by atoms with Crippen LogP contribution in [0.3, 0.4) is 0 Å². The molecule has 1 aromatic carbocycles. The Balaban J connectivity index is 2.01. The summed E-state index contributed by atoms with van der Waals surface area (Å²) in [5.74, 6) is -0.626. The SMILES string of the molecule is CC(C)NC(=O)Cn1c(CO)cnc1SCC(=O)Nc1cccc([N+](=O)[O-])c1. The fraction of sp³-hybridized carbons (Fsp3) is 0.353. The van der Waals surface area contributed by atoms with E-state index in [0.29, 0.717) is 16.5 Å². The molecule has 0 fully saturated rings. The summed E-state index contributed by atoms with van der Waals surface area (Å²) in [7, 11) is 0. The number of imidazole rings is 1. The van der Waals surface area contributed by atoms with Gasteiger partial charge in [-0.2, -0.15) is 0 Å². The van der Waals surface area contributed by atoms with E-state index in [1.165, 1.54) is 24.4 Å². The van der Waals surface area contributed by atoms with Gasteiger partial charge in [-0.1, -0.05) is 17.8 Å². The third-order valence-corrected chi connectivity index (χ3v) is 4.48. The second kappa shape index (κ2) is 9.85. The largest absolute Gasteiger partial charge is 0.390 e. The number of carbonyl (C=O) groups excluding carboxylic acids is 2. The maximum Gasteiger partial charge on any atom is 0.271 e. The number of anilines is 1. The smallest absolute Gasteiger partial charge is 0.271 e. The van der Waals surface area contributed by atoms with Crippen LogP contribution in [0.5, 0.6) is 0 Å². The van der Waals surface area contributed by atoms with Gasteiger partial charge in [0.2, 0.25) is 11.8 Å². The van der Waals surface area contributed by atoms with Crippen LogP contribution >= 0.6 is 11.8 Å². The first-order chi connectivity index (χ1) is 13.3. The number of hydrogen-bond donors (Lipinski definition) is 3. The highest BCUT2D eigenvalue weighted by molar-refractivity contribution is 7.99. The predicted octanol–water partition coefficient (Wildman–Crippen LogP) is 1.54. The van der Waals surface area contributed by atoms with E-state index >= 15 is 0 Å². The quantitative estimate of drug-likeness (QED) is 0.325. The maximum atomic E-state index is 12.2. The number of rotatable bonds is 9. The number of nitro benzene ring substituents is 1. The number of nitrogens with zero attached hydrogens (tertiary/aromatic N) is 3. The standard InChI is InChI=1S/C17H21N5O5S/c1-11(2)19-15(24)8-21-14(9-23)7-18-17(21)28-10-16(25)20-12-4-3-5-13(6-12)22(26)27/h3-7,11,23H,8-10H2,1-2H3,(H,19,24)(H,20,25). The van der Waals surface area contributed by atoms with Crippen LogP contribution in [-0.2, 0) is 22.7 Å². The molecule has 0 aliphatic rings. The summed E-state index contributed by atoms with van der Waals surface area (Å²) in [5, 5.41) is 26.0. The normalized spacial score (nSPS) is 10.7. The van der Waals surface area contributed by atoms with Gasteiger partial charge < -0.3 is 20.3 Å². The van der Waals surface area contributed by atoms with E-state index in [2.05, 4.69) is 15.6 Å². The third kappa shape index (κ3) is 6.06. The van der Waals surface area contributed by atoms with Crippen LogP contribution in [-0.4, -0.2) is 43.2 Å². The van der Waals surface area contributed by atoms with Gasteiger partial charge in [0, 0.05) is 23.9 Å². The van der Waals surface area contributed by atoms with Gasteiger partial charge in [-0.05, 0) is 19.9 Å². The Morgan fingerprint density at radius 1 is 1.36 bits per heavy atom. The molecule has 1 heterocycles. The van der Waals surface area contributed by atoms with Gasteiger partial charge in [0.1, 0.15) is 6.54 Å². The van der Waals surface area contributed by atoms with Gasteiger partial charge in [-0.15, -0.1) is 0 Å². The van der Waals surface area contributed by atoms with Gasteiger partial charge >= 0.3 is 0 Å². The number of non-ortho nitro benzene ring substituents is 1. The highest BCUT2D eigenvalue weighted by Crippen LogP contribution is 2.21. The number of benzene rings is 1. The molecular weight excluding hydrogens is 386 g/mol. The van der Waals surface area contributed by atoms with Crippen molar-refractivity contribution in [3.8, 4) is 0 Å². The van der Waals surface area contributed by atoms with Crippen molar-refractivity contribution in [2.45, 2.75) is 38.2 Å². The average Bonchev–Trinajstić information content (AvgIpc) is 3.01. The number of aromatic nitrogens is 2. The van der Waals surface area contributed by atoms with Crippen molar-refractivity contribution in [2.75, 3.05) is 11.1 Å². The fourth-order valence-corrected chi connectivity index (χ4v) is 3.14. The van der Waals surface area contributed by atoms with Crippen molar-refractivity contribution < 1.29 is 19.6 Å². The average molecular weight is 407 g/mol. The van der Waals surface area contributed by atoms with E-state index in [-0.39, 0.29) is 42.4 Å². The van der Waals surface area contributed by atoms with Crippen molar-refractivity contribution >= 4 is 35.0 Å². The molecule has 0 saturated heterocycles. The van der Waals surface area contributed by atoms with Gasteiger partial charge in [0.05, 0.1) is 29.2 Å². The monoisotopic (exact) mass is 407 g/mol. The van der Waals surface area contributed by atoms with Crippen molar-refractivity contribution in [1.29, 1.82) is 0 Å². The van der Waals surface area contributed by atoms with Gasteiger partial charge in [-0.25, -0.2) is 4.98 Å². The molecule has 2 amide bonds. The van der Waals surface area contributed by atoms with E-state index in [1.54, 1.807) is 10.6 Å². The lowest BCUT2D eigenvalue weighted by molar-refractivity contribution is -0.384. The molecule has 0 unspecified atom stereocenters. The Hall–Kier alpha value is -2.92. The minimum atomic E-state index is -0.542. The molecule has 150 valence electrons. The summed E-state index contributed by atoms with van der Waals surface area (Å²) in [4.78, 5) is 38.6. The lowest BCUT2D eigenvalue weighted by atomic mass is 10.3. The van der Waals surface area contributed by atoms with Crippen LogP contribution in [0.4, 0.5) is 11.4 Å². The topological polar surface area (TPSA) is 139 Å². The van der Waals surface area contributed by atoms with Crippen molar-refractivity contribution in [2.24, 2.45) is 0 Å². The molecule has 0 aliphatic heterocycles. The van der Waals surface area contributed by atoms with Crippen molar-refractivity contribution in [3.63, 3.8) is 0 Å². The lowest BCUT2D eigenvalue weighted by Crippen LogP contribution is -2.33. The van der Waals surface area contributed by atoms with Crippen LogP contribution in [0, 0.1) is 10.1 Å². The summed E-state index contributed by atoms with van der Waals surface area (Å²) < 4.78 is 1.54. The molecule has 0 atom stereocenters. The van der Waals surface area contributed by atoms with Crippen molar-refractivity contribution in [3.05, 3.63) is 46.3 Å². The van der Waals surface area contributed by atoms with Gasteiger partial charge in [0.15, 0.2) is 5.16 Å². The van der Waals surface area contributed by atoms with Crippen LogP contribution in [0.1, 0.15) is 19.5 Å². The van der Waals surface area contributed by atoms with E-state index in [1.807, 2.05) is 13.8 Å². The zero-order valence-corrected chi connectivity index (χ0v) is 16.2. The fourth-order valence-electron chi connectivity index (χ4n) is 2.34. The molecule has 11 heteroatoms. The first-order valence-corrected chi connectivity index (χ1v) is 9.40. The molecule has 0 saturated carbocycles. The summed E-state index contributed by atoms with van der Waals surface area (Å²) in [5.41, 5.74) is 0.653. The molecule has 0 radical (unpaired) electrons. The Bertz CT molecular complexity index is 867. The zero-order chi connectivity index (χ0) is 20.7. The molecule has 28 heavy (non-hydrogen) atoms. The Kier molecular flexibility index (Phi) is 7.52. The number of nitro groups is 1. The highest BCUT2D eigenvalue weighted by Gasteiger charge is 2.16. The van der Waals surface area contributed by atoms with E-state index < -0.39 is 4.92 Å². The van der Waals surface area contributed by atoms with Crippen LogP contribution in [0.2, 0.25) is 0 Å². The van der Waals surface area contributed by atoms with Crippen LogP contribution in [0.15, 0.2) is 35.6 Å². The summed E-state index contributed by atoms with van der Waals surface area (Å²) >= 11 is 1.10. The molecule has 1 aromatic heterocycles. The number of amides is 2. The highest BCUT2D eigenvalue weighted by atomic mass is 32.2. The Morgan fingerprint density at radius 2 is 2.11 bits per heavy atom. The van der Waals surface area contributed by atoms with E-state index in [4.69, 9.17) is 0 Å². The number of thioether (sulfide) groups is 1. The minimum Gasteiger partial charge on any atom is -0.390 e. The molecule has 2 aromatic rings. The minimum absolute atomic E-state index is 0.0175. The Labute approximate surface area is 165 Å². The van der Waals surface area contributed by atoms with Gasteiger partial charge in [-0.3, -0.25) is 19.7 Å². The second-order valence-corrected chi connectivity index (χ2v) is 7.09. The van der Waals surface area contributed by atoms with E-state index in [9.17, 15) is 24.8 Å². The third-order valence-electron chi connectivity index (χ3n) is 3.49. The molecular formula is C17H21N5O5S. The molecule has 3 N–H and O–H groups in total. The van der Waals surface area contributed by atoms with Crippen LogP contribution < -0.4 is 10.6 Å².